The van der Waals surface area contributed by atoms with Crippen LogP contribution in [0.2, 0.25) is 0 Å². The van der Waals surface area contributed by atoms with Crippen LogP contribution in [-0.2, 0) is 23.7 Å². The van der Waals surface area contributed by atoms with E-state index < -0.39 is 68.0 Å². The van der Waals surface area contributed by atoms with Crippen molar-refractivity contribution < 1.29 is 78.0 Å². The van der Waals surface area contributed by atoms with E-state index >= 15 is 0 Å². The minimum Gasteiger partial charge on any atom is -0.461 e. The number of hydrogen-bond donors (Lipinski definition) is 6. The van der Waals surface area contributed by atoms with Gasteiger partial charge in [-0.15, -0.1) is 0 Å². The van der Waals surface area contributed by atoms with Crippen molar-refractivity contribution >= 4 is 0 Å². The SMILES string of the molecule is OC1COC(OCC2OC(Oc3cc4c(cc3C3OCC5C(c6ccc7c(c6)OCO7)OCC35)OCO4)C(O)C(O)C2O)C(O)C1O. The van der Waals surface area contributed by atoms with E-state index in [2.05, 4.69) is 0 Å². The van der Waals surface area contributed by atoms with Crippen molar-refractivity contribution in [1.29, 1.82) is 0 Å². The van der Waals surface area contributed by atoms with E-state index in [9.17, 15) is 30.6 Å². The maximum Gasteiger partial charge on any atom is 0.231 e. The number of rotatable bonds is 7. The van der Waals surface area contributed by atoms with Crippen LogP contribution in [0, 0.1) is 11.8 Å². The number of aliphatic hydroxyl groups excluding tert-OH is 6. The molecule has 0 amide bonds. The Labute approximate surface area is 267 Å². The van der Waals surface area contributed by atoms with Gasteiger partial charge in [-0.1, -0.05) is 6.07 Å². The van der Waals surface area contributed by atoms with Crippen LogP contribution in [-0.4, -0.2) is 126 Å². The number of fused-ring (bicyclic) bond motifs is 3. The third kappa shape index (κ3) is 5.56. The summed E-state index contributed by atoms with van der Waals surface area (Å²) >= 11 is 0. The standard InChI is InChI=1S/C31H36O16/c32-16-8-40-30(26(36)23(16)33)41-9-22-24(34)25(35)27(37)31(47-22)46-18-5-21-20(44-11-45-21)4-13(18)29-15-7-38-28(14(15)6-39-29)12-1-2-17-19(3-12)43-10-42-17/h1-5,14-16,22-37H,6-11H2. The first kappa shape index (κ1) is 31.3. The van der Waals surface area contributed by atoms with Crippen molar-refractivity contribution in [2.45, 2.75) is 67.5 Å². The lowest BCUT2D eigenvalue weighted by Gasteiger charge is -2.41. The quantitative estimate of drug-likeness (QED) is 0.206. The minimum atomic E-state index is -1.69. The van der Waals surface area contributed by atoms with Crippen LogP contribution in [0.4, 0.5) is 0 Å². The summed E-state index contributed by atoms with van der Waals surface area (Å²) in [5, 5.41) is 62.1. The molecule has 0 spiro atoms. The molecular weight excluding hydrogens is 628 g/mol. The highest BCUT2D eigenvalue weighted by Gasteiger charge is 2.51. The predicted molar refractivity (Wildman–Crippen MR) is 151 cm³/mol. The molecule has 6 heterocycles. The van der Waals surface area contributed by atoms with E-state index in [1.807, 2.05) is 18.2 Å². The number of ether oxygens (including phenoxy) is 10. The van der Waals surface area contributed by atoms with Gasteiger partial charge >= 0.3 is 0 Å². The third-order valence-electron chi connectivity index (χ3n) is 9.59. The molecule has 0 radical (unpaired) electrons. The van der Waals surface area contributed by atoms with Crippen molar-refractivity contribution in [3.05, 3.63) is 41.5 Å². The van der Waals surface area contributed by atoms with Gasteiger partial charge in [0.25, 0.3) is 0 Å². The zero-order chi connectivity index (χ0) is 32.4. The Balaban J connectivity index is 1.01. The average molecular weight is 665 g/mol. The zero-order valence-electron chi connectivity index (χ0n) is 24.9. The van der Waals surface area contributed by atoms with E-state index in [1.54, 1.807) is 12.1 Å². The van der Waals surface area contributed by atoms with Gasteiger partial charge in [0, 0.05) is 23.5 Å². The fraction of sp³-hybridized carbons (Fsp3) is 0.613. The number of aliphatic hydroxyl groups is 6. The Morgan fingerprint density at radius 3 is 2.06 bits per heavy atom. The molecule has 4 fully saturated rings. The maximum atomic E-state index is 10.9. The molecule has 13 unspecified atom stereocenters. The predicted octanol–water partition coefficient (Wildman–Crippen LogP) is -1.14. The van der Waals surface area contributed by atoms with Crippen molar-refractivity contribution in [3.63, 3.8) is 0 Å². The van der Waals surface area contributed by atoms with Crippen molar-refractivity contribution in [2.75, 3.05) is 40.0 Å². The number of hydrogen-bond acceptors (Lipinski definition) is 16. The van der Waals surface area contributed by atoms with Crippen LogP contribution < -0.4 is 23.7 Å². The van der Waals surface area contributed by atoms with Crippen molar-refractivity contribution in [1.82, 2.24) is 0 Å². The lowest BCUT2D eigenvalue weighted by Crippen LogP contribution is -2.61. The van der Waals surface area contributed by atoms with Crippen LogP contribution in [0.15, 0.2) is 30.3 Å². The summed E-state index contributed by atoms with van der Waals surface area (Å²) in [5.41, 5.74) is 1.54. The molecule has 0 aliphatic carbocycles. The van der Waals surface area contributed by atoms with Crippen LogP contribution in [0.25, 0.3) is 0 Å². The smallest absolute Gasteiger partial charge is 0.231 e. The first-order valence-electron chi connectivity index (χ1n) is 15.5. The summed E-state index contributed by atoms with van der Waals surface area (Å²) in [6.45, 7) is 0.261. The summed E-state index contributed by atoms with van der Waals surface area (Å²) in [5.74, 6) is 2.40. The van der Waals surface area contributed by atoms with Gasteiger partial charge in [0.15, 0.2) is 29.3 Å². The molecule has 4 saturated heterocycles. The number of benzene rings is 2. The van der Waals surface area contributed by atoms with E-state index in [0.29, 0.717) is 41.8 Å². The molecule has 256 valence electrons. The molecule has 6 N–H and O–H groups in total. The third-order valence-corrected chi connectivity index (χ3v) is 9.59. The van der Waals surface area contributed by atoms with Gasteiger partial charge in [-0.25, -0.2) is 0 Å². The molecule has 6 aliphatic rings. The van der Waals surface area contributed by atoms with Gasteiger partial charge in [-0.3, -0.25) is 0 Å². The lowest BCUT2D eigenvalue weighted by atomic mass is 9.84. The molecule has 16 nitrogen and oxygen atoms in total. The summed E-state index contributed by atoms with van der Waals surface area (Å²) < 4.78 is 57.7. The highest BCUT2D eigenvalue weighted by atomic mass is 16.7. The average Bonchev–Trinajstić information content (AvgIpc) is 3.88. The van der Waals surface area contributed by atoms with Gasteiger partial charge in [-0.2, -0.15) is 0 Å². The zero-order valence-corrected chi connectivity index (χ0v) is 24.9. The lowest BCUT2D eigenvalue weighted by molar-refractivity contribution is -0.307. The topological polar surface area (TPSA) is 214 Å². The first-order chi connectivity index (χ1) is 22.8. The summed E-state index contributed by atoms with van der Waals surface area (Å²) in [6.07, 6.45) is -14.1. The highest BCUT2D eigenvalue weighted by molar-refractivity contribution is 5.53. The second-order valence-corrected chi connectivity index (χ2v) is 12.4. The fourth-order valence-electron chi connectivity index (χ4n) is 6.96. The Morgan fingerprint density at radius 1 is 0.617 bits per heavy atom. The van der Waals surface area contributed by atoms with Crippen LogP contribution >= 0.6 is 0 Å². The molecule has 0 saturated carbocycles. The molecule has 8 rings (SSSR count). The molecule has 6 aliphatic heterocycles. The molecule has 16 heteroatoms. The maximum absolute atomic E-state index is 10.9. The molecular formula is C31H36O16. The van der Waals surface area contributed by atoms with E-state index in [-0.39, 0.29) is 43.9 Å². The van der Waals surface area contributed by atoms with Crippen molar-refractivity contribution in [3.8, 4) is 28.7 Å². The van der Waals surface area contributed by atoms with Gasteiger partial charge in [0.05, 0.1) is 38.6 Å². The second-order valence-electron chi connectivity index (χ2n) is 12.4. The normalized spacial score (nSPS) is 40.4. The Bertz CT molecular complexity index is 1460. The van der Waals surface area contributed by atoms with Gasteiger partial charge < -0.3 is 78.0 Å². The van der Waals surface area contributed by atoms with Crippen LogP contribution in [0.1, 0.15) is 23.3 Å². The summed E-state index contributed by atoms with van der Waals surface area (Å²) in [4.78, 5) is 0. The molecule has 13 atom stereocenters. The Kier molecular flexibility index (Phi) is 8.30. The molecule has 2 aromatic rings. The monoisotopic (exact) mass is 664 g/mol. The van der Waals surface area contributed by atoms with E-state index in [0.717, 1.165) is 5.56 Å². The summed E-state index contributed by atoms with van der Waals surface area (Å²) in [7, 11) is 0. The fourth-order valence-corrected chi connectivity index (χ4v) is 6.96. The highest BCUT2D eigenvalue weighted by Crippen LogP contribution is 2.54. The van der Waals surface area contributed by atoms with Gasteiger partial charge in [0.2, 0.25) is 19.9 Å². The van der Waals surface area contributed by atoms with Crippen LogP contribution in [0.5, 0.6) is 28.7 Å². The molecule has 47 heavy (non-hydrogen) atoms. The van der Waals surface area contributed by atoms with Crippen LogP contribution in [0.3, 0.4) is 0 Å². The Morgan fingerprint density at radius 2 is 1.28 bits per heavy atom. The second kappa shape index (κ2) is 12.5. The first-order valence-corrected chi connectivity index (χ1v) is 15.5. The van der Waals surface area contributed by atoms with E-state index in [4.69, 9.17) is 47.4 Å². The largest absolute Gasteiger partial charge is 0.461 e. The minimum absolute atomic E-state index is 0.00120. The van der Waals surface area contributed by atoms with Crippen molar-refractivity contribution in [2.24, 2.45) is 11.8 Å². The molecule has 0 aromatic heterocycles. The van der Waals surface area contributed by atoms with Gasteiger partial charge in [-0.05, 0) is 23.8 Å². The molecule has 0 bridgehead atoms. The van der Waals surface area contributed by atoms with E-state index in [1.165, 1.54) is 0 Å². The molecule has 2 aromatic carbocycles. The summed E-state index contributed by atoms with van der Waals surface area (Å²) in [6, 6.07) is 9.09. The van der Waals surface area contributed by atoms with Gasteiger partial charge in [0.1, 0.15) is 48.5 Å². The Hall–Kier alpha value is -3.00.